The molecule has 0 radical (unpaired) electrons. The molecular formula is C13H14N4. The predicted octanol–water partition coefficient (Wildman–Crippen LogP) is 1.64. The molecule has 0 amide bonds. The Morgan fingerprint density at radius 3 is 2.65 bits per heavy atom. The summed E-state index contributed by atoms with van der Waals surface area (Å²) < 4.78 is 0. The molecule has 4 heteroatoms. The molecule has 0 spiro atoms. The van der Waals surface area contributed by atoms with Crippen molar-refractivity contribution in [1.29, 1.82) is 0 Å². The van der Waals surface area contributed by atoms with E-state index in [0.29, 0.717) is 6.42 Å². The maximum atomic E-state index is 5.18. The van der Waals surface area contributed by atoms with E-state index >= 15 is 0 Å². The number of benzene rings is 2. The van der Waals surface area contributed by atoms with Crippen LogP contribution in [0.3, 0.4) is 0 Å². The van der Waals surface area contributed by atoms with Crippen molar-refractivity contribution in [2.24, 2.45) is 21.7 Å². The van der Waals surface area contributed by atoms with Gasteiger partial charge < -0.3 is 11.5 Å². The second-order valence-electron chi connectivity index (χ2n) is 3.67. The quantitative estimate of drug-likeness (QED) is 0.474. The summed E-state index contributed by atoms with van der Waals surface area (Å²) in [7, 11) is 0. The molecule has 0 bridgehead atoms. The fourth-order valence-corrected chi connectivity index (χ4v) is 1.72. The second-order valence-corrected chi connectivity index (χ2v) is 3.67. The van der Waals surface area contributed by atoms with Crippen LogP contribution in [-0.4, -0.2) is 12.2 Å². The number of guanidine groups is 1. The number of nitrogens with zero attached hydrogens (tertiary/aromatic N) is 2. The zero-order chi connectivity index (χ0) is 12.1. The van der Waals surface area contributed by atoms with E-state index in [1.54, 1.807) is 6.21 Å². The Morgan fingerprint density at radius 1 is 1.06 bits per heavy atom. The fourth-order valence-electron chi connectivity index (χ4n) is 1.72. The zero-order valence-electron chi connectivity index (χ0n) is 9.38. The molecular weight excluding hydrogens is 212 g/mol. The Hall–Kier alpha value is -2.36. The lowest BCUT2D eigenvalue weighted by atomic mass is 10.0. The highest BCUT2D eigenvalue weighted by molar-refractivity contribution is 5.87. The van der Waals surface area contributed by atoms with E-state index in [0.717, 1.165) is 0 Å². The van der Waals surface area contributed by atoms with Gasteiger partial charge >= 0.3 is 0 Å². The van der Waals surface area contributed by atoms with Crippen molar-refractivity contribution in [3.63, 3.8) is 0 Å². The van der Waals surface area contributed by atoms with E-state index in [-0.39, 0.29) is 5.96 Å². The molecule has 0 fully saturated rings. The summed E-state index contributed by atoms with van der Waals surface area (Å²) in [5.41, 5.74) is 11.6. The van der Waals surface area contributed by atoms with Crippen LogP contribution < -0.4 is 11.5 Å². The van der Waals surface area contributed by atoms with Gasteiger partial charge in [-0.2, -0.15) is 5.10 Å². The third-order valence-corrected chi connectivity index (χ3v) is 2.45. The van der Waals surface area contributed by atoms with Crippen LogP contribution in [0.1, 0.15) is 5.56 Å². The molecule has 17 heavy (non-hydrogen) atoms. The highest BCUT2D eigenvalue weighted by Gasteiger charge is 1.97. The van der Waals surface area contributed by atoms with Crippen LogP contribution in [-0.2, 0) is 6.42 Å². The van der Waals surface area contributed by atoms with E-state index < -0.39 is 0 Å². The monoisotopic (exact) mass is 226 g/mol. The van der Waals surface area contributed by atoms with Gasteiger partial charge in [-0.25, -0.2) is 0 Å². The molecule has 0 aliphatic carbocycles. The van der Waals surface area contributed by atoms with Gasteiger partial charge in [-0.1, -0.05) is 42.5 Å². The molecule has 2 aromatic carbocycles. The van der Waals surface area contributed by atoms with E-state index in [1.807, 2.05) is 18.2 Å². The van der Waals surface area contributed by atoms with Crippen LogP contribution in [0.15, 0.2) is 52.7 Å². The van der Waals surface area contributed by atoms with Gasteiger partial charge in [0.25, 0.3) is 0 Å². The SMILES string of the molecule is NC(N)=N/N=C/Cc1cccc2ccccc12. The maximum absolute atomic E-state index is 5.18. The van der Waals surface area contributed by atoms with Crippen LogP contribution in [0.4, 0.5) is 0 Å². The van der Waals surface area contributed by atoms with Crippen LogP contribution in [0.2, 0.25) is 0 Å². The van der Waals surface area contributed by atoms with Crippen molar-refractivity contribution in [2.45, 2.75) is 6.42 Å². The molecule has 0 aliphatic heterocycles. The molecule has 0 saturated carbocycles. The normalized spacial score (nSPS) is 10.8. The molecule has 2 aromatic rings. The van der Waals surface area contributed by atoms with E-state index in [9.17, 15) is 0 Å². The number of fused-ring (bicyclic) bond motifs is 1. The van der Waals surface area contributed by atoms with Crippen molar-refractivity contribution in [2.75, 3.05) is 0 Å². The Kier molecular flexibility index (Phi) is 3.35. The van der Waals surface area contributed by atoms with Gasteiger partial charge in [0.2, 0.25) is 5.96 Å². The highest BCUT2D eigenvalue weighted by Crippen LogP contribution is 2.18. The summed E-state index contributed by atoms with van der Waals surface area (Å²) in [5, 5.41) is 9.80. The Morgan fingerprint density at radius 2 is 1.82 bits per heavy atom. The van der Waals surface area contributed by atoms with Gasteiger partial charge in [-0.05, 0) is 16.3 Å². The lowest BCUT2D eigenvalue weighted by Gasteiger charge is -2.02. The molecule has 0 aliphatic rings. The van der Waals surface area contributed by atoms with Crippen molar-refractivity contribution in [3.8, 4) is 0 Å². The molecule has 4 N–H and O–H groups in total. The molecule has 86 valence electrons. The summed E-state index contributed by atoms with van der Waals surface area (Å²) in [4.78, 5) is 0. The van der Waals surface area contributed by atoms with Crippen molar-refractivity contribution in [3.05, 3.63) is 48.0 Å². The molecule has 0 aromatic heterocycles. The number of hydrogen-bond acceptors (Lipinski definition) is 2. The van der Waals surface area contributed by atoms with Crippen LogP contribution in [0.5, 0.6) is 0 Å². The first-order chi connectivity index (χ1) is 8.27. The Balaban J connectivity index is 2.24. The molecule has 0 heterocycles. The van der Waals surface area contributed by atoms with Gasteiger partial charge in [-0.15, -0.1) is 5.10 Å². The first kappa shape index (κ1) is 11.1. The van der Waals surface area contributed by atoms with Crippen LogP contribution >= 0.6 is 0 Å². The summed E-state index contributed by atoms with van der Waals surface area (Å²) in [6.07, 6.45) is 2.40. The van der Waals surface area contributed by atoms with Crippen molar-refractivity contribution >= 4 is 22.9 Å². The van der Waals surface area contributed by atoms with Gasteiger partial charge in [0, 0.05) is 12.6 Å². The average Bonchev–Trinajstić information content (AvgIpc) is 2.34. The Labute approximate surface area is 99.6 Å². The Bertz CT molecular complexity index is 563. The number of nitrogens with two attached hydrogens (primary N) is 2. The summed E-state index contributed by atoms with van der Waals surface area (Å²) >= 11 is 0. The molecule has 4 nitrogen and oxygen atoms in total. The largest absolute Gasteiger partial charge is 0.369 e. The fraction of sp³-hybridized carbons (Fsp3) is 0.0769. The summed E-state index contributed by atoms with van der Waals surface area (Å²) in [6.45, 7) is 0. The lowest BCUT2D eigenvalue weighted by molar-refractivity contribution is 1.19. The van der Waals surface area contributed by atoms with Crippen molar-refractivity contribution in [1.82, 2.24) is 0 Å². The first-order valence-electron chi connectivity index (χ1n) is 5.34. The third kappa shape index (κ3) is 2.81. The van der Waals surface area contributed by atoms with Crippen LogP contribution in [0.25, 0.3) is 10.8 Å². The van der Waals surface area contributed by atoms with Gasteiger partial charge in [0.05, 0.1) is 0 Å². The minimum absolute atomic E-state index is 0.0285. The number of hydrogen-bond donors (Lipinski definition) is 2. The highest BCUT2D eigenvalue weighted by atomic mass is 15.3. The molecule has 0 unspecified atom stereocenters. The van der Waals surface area contributed by atoms with Gasteiger partial charge in [-0.3, -0.25) is 0 Å². The van der Waals surface area contributed by atoms with Crippen LogP contribution in [0, 0.1) is 0 Å². The molecule has 0 atom stereocenters. The minimum atomic E-state index is -0.0285. The minimum Gasteiger partial charge on any atom is -0.369 e. The zero-order valence-corrected chi connectivity index (χ0v) is 9.38. The average molecular weight is 226 g/mol. The summed E-state index contributed by atoms with van der Waals surface area (Å²) in [5.74, 6) is -0.0285. The standard InChI is InChI=1S/C13H14N4/c14-13(15)17-16-9-8-11-6-3-5-10-4-1-2-7-12(10)11/h1-7,9H,8H2,(H4,14,15,17)/b16-9+. The van der Waals surface area contributed by atoms with E-state index in [1.165, 1.54) is 16.3 Å². The summed E-state index contributed by atoms with van der Waals surface area (Å²) in [6, 6.07) is 14.4. The third-order valence-electron chi connectivity index (χ3n) is 2.45. The van der Waals surface area contributed by atoms with E-state index in [2.05, 4.69) is 34.5 Å². The van der Waals surface area contributed by atoms with Crippen molar-refractivity contribution < 1.29 is 0 Å². The van der Waals surface area contributed by atoms with Gasteiger partial charge in [0.15, 0.2) is 0 Å². The predicted molar refractivity (Wildman–Crippen MR) is 72.0 cm³/mol. The van der Waals surface area contributed by atoms with Gasteiger partial charge in [0.1, 0.15) is 0 Å². The number of rotatable bonds is 3. The lowest BCUT2D eigenvalue weighted by Crippen LogP contribution is -2.21. The molecule has 0 saturated heterocycles. The second kappa shape index (κ2) is 5.12. The topological polar surface area (TPSA) is 76.8 Å². The molecule has 2 rings (SSSR count). The van der Waals surface area contributed by atoms with E-state index in [4.69, 9.17) is 11.5 Å². The first-order valence-corrected chi connectivity index (χ1v) is 5.34. The maximum Gasteiger partial charge on any atom is 0.211 e. The smallest absolute Gasteiger partial charge is 0.211 e.